The Hall–Kier alpha value is -3.19. The molecule has 4 heterocycles. The first kappa shape index (κ1) is 16.3. The van der Waals surface area contributed by atoms with E-state index >= 15 is 0 Å². The van der Waals surface area contributed by atoms with E-state index in [-0.39, 0.29) is 0 Å². The third kappa shape index (κ3) is 2.72. The lowest BCUT2D eigenvalue weighted by Crippen LogP contribution is -2.01. The normalized spacial score (nSPS) is 11.8. The van der Waals surface area contributed by atoms with Gasteiger partial charge in [0, 0.05) is 36.5 Å². The first-order valence-corrected chi connectivity index (χ1v) is 8.73. The number of amidine groups is 1. The summed E-state index contributed by atoms with van der Waals surface area (Å²) in [6.07, 6.45) is 5.21. The van der Waals surface area contributed by atoms with Crippen molar-refractivity contribution < 1.29 is 4.42 Å². The van der Waals surface area contributed by atoms with E-state index in [1.807, 2.05) is 37.4 Å². The van der Waals surface area contributed by atoms with Crippen LogP contribution in [0, 0.1) is 6.92 Å². The first-order chi connectivity index (χ1) is 12.7. The van der Waals surface area contributed by atoms with Crippen molar-refractivity contribution in [2.75, 3.05) is 7.05 Å². The van der Waals surface area contributed by atoms with Crippen LogP contribution >= 0.6 is 11.3 Å². The molecule has 26 heavy (non-hydrogen) atoms. The molecule has 0 bridgehead atoms. The van der Waals surface area contributed by atoms with Crippen molar-refractivity contribution in [3.8, 4) is 21.1 Å². The molecular weight excluding hydrogens is 346 g/mol. The second-order valence-electron chi connectivity index (χ2n) is 5.57. The van der Waals surface area contributed by atoms with Gasteiger partial charge in [0.15, 0.2) is 5.84 Å². The van der Waals surface area contributed by atoms with Gasteiger partial charge in [0.25, 0.3) is 0 Å². The van der Waals surface area contributed by atoms with Gasteiger partial charge in [-0.25, -0.2) is 15.0 Å². The summed E-state index contributed by atoms with van der Waals surface area (Å²) in [7, 11) is 1.66. The maximum atomic E-state index is 5.61. The number of hydrogen-bond acceptors (Lipinski definition) is 6. The van der Waals surface area contributed by atoms with Gasteiger partial charge in [0.1, 0.15) is 16.3 Å². The van der Waals surface area contributed by atoms with E-state index < -0.39 is 0 Å². The summed E-state index contributed by atoms with van der Waals surface area (Å²) in [4.78, 5) is 22.7. The fourth-order valence-electron chi connectivity index (χ4n) is 2.75. The summed E-state index contributed by atoms with van der Waals surface area (Å²) in [5.41, 5.74) is 4.04. The Labute approximate surface area is 154 Å². The van der Waals surface area contributed by atoms with Crippen molar-refractivity contribution in [1.82, 2.24) is 15.0 Å². The molecule has 4 aromatic heterocycles. The highest BCUT2D eigenvalue weighted by atomic mass is 32.1. The molecule has 0 saturated heterocycles. The number of aryl methyl sites for hydroxylation is 1. The minimum Gasteiger partial charge on any atom is -0.464 e. The van der Waals surface area contributed by atoms with Crippen LogP contribution < -0.4 is 0 Å². The summed E-state index contributed by atoms with van der Waals surface area (Å²) in [6.45, 7) is 5.55. The van der Waals surface area contributed by atoms with Crippen molar-refractivity contribution in [2.45, 2.75) is 6.92 Å². The average molecular weight is 361 g/mol. The van der Waals surface area contributed by atoms with Crippen molar-refractivity contribution in [1.29, 1.82) is 0 Å². The number of hydrogen-bond donors (Lipinski definition) is 0. The van der Waals surface area contributed by atoms with Crippen LogP contribution in [0.1, 0.15) is 11.4 Å². The standard InChI is InChI=1S/C19H15N5OS/c1-11-17(26-19(23-11)12-5-4-7-22-10-12)16-13-6-8-25-15(13)9-14(24-16)18(20-2)21-3/h4-10H,2H2,1,3H3. The molecule has 128 valence electrons. The molecular formula is C19H15N5OS. The molecule has 0 aliphatic heterocycles. The van der Waals surface area contributed by atoms with Crippen LogP contribution in [0.5, 0.6) is 0 Å². The van der Waals surface area contributed by atoms with Gasteiger partial charge < -0.3 is 4.42 Å². The molecule has 0 radical (unpaired) electrons. The zero-order valence-corrected chi connectivity index (χ0v) is 15.1. The Morgan fingerprint density at radius 2 is 2.15 bits per heavy atom. The Balaban J connectivity index is 1.93. The van der Waals surface area contributed by atoms with Gasteiger partial charge in [-0.2, -0.15) is 0 Å². The minimum absolute atomic E-state index is 0.471. The zero-order valence-electron chi connectivity index (χ0n) is 14.3. The number of pyridine rings is 2. The van der Waals surface area contributed by atoms with Gasteiger partial charge in [-0.15, -0.1) is 11.3 Å². The molecule has 0 unspecified atom stereocenters. The van der Waals surface area contributed by atoms with E-state index in [0.29, 0.717) is 11.5 Å². The maximum Gasteiger partial charge on any atom is 0.172 e. The fraction of sp³-hybridized carbons (Fsp3) is 0.105. The molecule has 0 atom stereocenters. The summed E-state index contributed by atoms with van der Waals surface area (Å²) in [5.74, 6) is 0.471. The van der Waals surface area contributed by atoms with Gasteiger partial charge in [0.2, 0.25) is 0 Å². The van der Waals surface area contributed by atoms with Crippen LogP contribution in [0.4, 0.5) is 0 Å². The van der Waals surface area contributed by atoms with Crippen LogP contribution in [-0.4, -0.2) is 34.6 Å². The highest BCUT2D eigenvalue weighted by Gasteiger charge is 2.18. The highest BCUT2D eigenvalue weighted by molar-refractivity contribution is 7.18. The fourth-order valence-corrected chi connectivity index (χ4v) is 3.81. The van der Waals surface area contributed by atoms with Crippen molar-refractivity contribution >= 4 is 34.9 Å². The minimum atomic E-state index is 0.471. The third-order valence-corrected chi connectivity index (χ3v) is 5.17. The number of thiazole rings is 1. The molecule has 0 N–H and O–H groups in total. The van der Waals surface area contributed by atoms with Crippen LogP contribution in [-0.2, 0) is 0 Å². The van der Waals surface area contributed by atoms with Gasteiger partial charge in [-0.05, 0) is 31.8 Å². The molecule has 0 spiro atoms. The Bertz CT molecular complexity index is 1130. The zero-order chi connectivity index (χ0) is 18.1. The smallest absolute Gasteiger partial charge is 0.172 e. The van der Waals surface area contributed by atoms with E-state index in [1.54, 1.807) is 30.8 Å². The third-order valence-electron chi connectivity index (χ3n) is 3.96. The Morgan fingerprint density at radius 3 is 2.88 bits per heavy atom. The number of nitrogens with zero attached hydrogens (tertiary/aromatic N) is 5. The van der Waals surface area contributed by atoms with E-state index in [1.165, 1.54) is 0 Å². The first-order valence-electron chi connectivity index (χ1n) is 7.91. The predicted octanol–water partition coefficient (Wildman–Crippen LogP) is 4.40. The topological polar surface area (TPSA) is 76.5 Å². The lowest BCUT2D eigenvalue weighted by Gasteiger charge is -2.05. The molecule has 6 nitrogen and oxygen atoms in total. The SMILES string of the molecule is C=NC(=NC)c1cc2occc2c(-c2sc(-c3cccnc3)nc2C)n1. The summed E-state index contributed by atoms with van der Waals surface area (Å²) in [6, 6.07) is 7.64. The van der Waals surface area contributed by atoms with Gasteiger partial charge in [-0.3, -0.25) is 9.98 Å². The van der Waals surface area contributed by atoms with Crippen LogP contribution in [0.2, 0.25) is 0 Å². The second kappa shape index (κ2) is 6.61. The van der Waals surface area contributed by atoms with Gasteiger partial charge >= 0.3 is 0 Å². The molecule has 7 heteroatoms. The van der Waals surface area contributed by atoms with E-state index in [2.05, 4.69) is 21.7 Å². The van der Waals surface area contributed by atoms with Crippen molar-refractivity contribution in [2.24, 2.45) is 9.98 Å². The summed E-state index contributed by atoms with van der Waals surface area (Å²) >= 11 is 1.58. The molecule has 0 amide bonds. The molecule has 4 rings (SSSR count). The largest absolute Gasteiger partial charge is 0.464 e. The Kier molecular flexibility index (Phi) is 4.14. The molecule has 0 aliphatic carbocycles. The van der Waals surface area contributed by atoms with Crippen molar-refractivity contribution in [3.63, 3.8) is 0 Å². The molecule has 0 saturated carbocycles. The second-order valence-corrected chi connectivity index (χ2v) is 6.57. The number of furan rings is 1. The van der Waals surface area contributed by atoms with E-state index in [9.17, 15) is 0 Å². The van der Waals surface area contributed by atoms with E-state index in [0.717, 1.165) is 37.8 Å². The lowest BCUT2D eigenvalue weighted by atomic mass is 10.1. The quantitative estimate of drug-likeness (QED) is 0.400. The molecule has 0 fully saturated rings. The molecule has 0 aromatic carbocycles. The van der Waals surface area contributed by atoms with Crippen LogP contribution in [0.3, 0.4) is 0 Å². The van der Waals surface area contributed by atoms with Crippen LogP contribution in [0.15, 0.2) is 57.3 Å². The number of fused-ring (bicyclic) bond motifs is 1. The van der Waals surface area contributed by atoms with Crippen LogP contribution in [0.25, 0.3) is 32.1 Å². The summed E-state index contributed by atoms with van der Waals surface area (Å²) in [5, 5.41) is 1.83. The number of aromatic nitrogens is 3. The number of rotatable bonds is 3. The number of aliphatic imine (C=N–C) groups is 2. The van der Waals surface area contributed by atoms with E-state index in [4.69, 9.17) is 14.4 Å². The maximum absolute atomic E-state index is 5.61. The average Bonchev–Trinajstić information content (AvgIpc) is 3.29. The van der Waals surface area contributed by atoms with Gasteiger partial charge in [0.05, 0.1) is 22.5 Å². The monoisotopic (exact) mass is 361 g/mol. The highest BCUT2D eigenvalue weighted by Crippen LogP contribution is 2.37. The molecule has 4 aromatic rings. The Morgan fingerprint density at radius 1 is 1.27 bits per heavy atom. The van der Waals surface area contributed by atoms with Gasteiger partial charge in [-0.1, -0.05) is 0 Å². The predicted molar refractivity (Wildman–Crippen MR) is 105 cm³/mol. The summed E-state index contributed by atoms with van der Waals surface area (Å²) < 4.78 is 5.61. The lowest BCUT2D eigenvalue weighted by molar-refractivity contribution is 0.615. The molecule has 0 aliphatic rings. The van der Waals surface area contributed by atoms with Crippen molar-refractivity contribution in [3.05, 3.63) is 54.3 Å².